The molecule has 0 aliphatic heterocycles. The standard InChI is InChI=1S/C54H31F3N6.Pt/c55-54(56,57)38-20-22-47-45(32-38)42-21-19-37(30-49(42)63(47)50-31-36(25-28-59-50)33-9-2-1-3-10-33)40-14-8-18-48-52(40)61-53(44-16-7-15-43-41-13-4-5-17-46(41)60-51(43)44)62(48)39-12-6-11-35(29-39)34-23-26-58-27-24-34;/h1-29,31-32H;/q-2;+2. The predicted molar refractivity (Wildman–Crippen MR) is 245 cm³/mol. The summed E-state index contributed by atoms with van der Waals surface area (Å²) in [7, 11) is 0. The van der Waals surface area contributed by atoms with Crippen LogP contribution in [-0.4, -0.2) is 24.1 Å². The Hall–Kier alpha value is -7.61. The normalized spacial score (nSPS) is 11.9. The maximum atomic E-state index is 14.2. The van der Waals surface area contributed by atoms with Gasteiger partial charge in [0, 0.05) is 35.4 Å². The molecule has 7 aromatic carbocycles. The molecule has 0 spiro atoms. The molecule has 64 heavy (non-hydrogen) atoms. The van der Waals surface area contributed by atoms with Crippen LogP contribution in [0.15, 0.2) is 188 Å². The predicted octanol–water partition coefficient (Wildman–Crippen LogP) is 13.7. The number of benzene rings is 7. The van der Waals surface area contributed by atoms with Crippen molar-refractivity contribution in [2.75, 3.05) is 0 Å². The van der Waals surface area contributed by atoms with Gasteiger partial charge in [0.15, 0.2) is 0 Å². The SMILES string of the molecule is FC(F)(F)c1ccc2c(c1)c1ccc(-c3cccc4c3nc(-c3cccc5c3[n-]c3ccccc35)n4-c3cccc(-c4ccncc4)c3)[c-]c1n2-c1cc(-c2ccccc2)ccn1.[Pt+2]. The van der Waals surface area contributed by atoms with Crippen molar-refractivity contribution in [1.82, 2.24) is 29.1 Å². The van der Waals surface area contributed by atoms with E-state index in [4.69, 9.17) is 15.0 Å². The number of rotatable bonds is 6. The molecule has 5 heterocycles. The first-order valence-corrected chi connectivity index (χ1v) is 20.4. The largest absolute Gasteiger partial charge is 2.00 e. The van der Waals surface area contributed by atoms with Crippen LogP contribution < -0.4 is 4.98 Å². The number of para-hydroxylation sites is 3. The second kappa shape index (κ2) is 15.3. The molecule has 0 bridgehead atoms. The molecule has 0 saturated heterocycles. The van der Waals surface area contributed by atoms with Gasteiger partial charge in [-0.1, -0.05) is 108 Å². The zero-order valence-electron chi connectivity index (χ0n) is 33.5. The van der Waals surface area contributed by atoms with Crippen LogP contribution in [0.4, 0.5) is 13.2 Å². The average molecular weight is 1020 g/mol. The van der Waals surface area contributed by atoms with Crippen LogP contribution in [-0.2, 0) is 27.2 Å². The van der Waals surface area contributed by atoms with Crippen molar-refractivity contribution in [3.8, 4) is 56.3 Å². The molecule has 0 amide bonds. The third kappa shape index (κ3) is 6.42. The van der Waals surface area contributed by atoms with Gasteiger partial charge in [0.1, 0.15) is 11.6 Å². The molecule has 0 radical (unpaired) electrons. The van der Waals surface area contributed by atoms with Gasteiger partial charge in [-0.15, -0.1) is 34.8 Å². The Morgan fingerprint density at radius 1 is 0.531 bits per heavy atom. The minimum atomic E-state index is -4.52. The first kappa shape index (κ1) is 39.3. The Morgan fingerprint density at radius 2 is 1.25 bits per heavy atom. The van der Waals surface area contributed by atoms with Crippen LogP contribution in [0.5, 0.6) is 0 Å². The maximum Gasteiger partial charge on any atom is 2.00 e. The summed E-state index contributed by atoms with van der Waals surface area (Å²) in [5.74, 6) is 1.28. The number of hydrogen-bond acceptors (Lipinski definition) is 3. The monoisotopic (exact) mass is 1020 g/mol. The number of pyridine rings is 2. The Balaban J connectivity index is 0.00000456. The molecule has 308 valence electrons. The maximum absolute atomic E-state index is 14.2. The van der Waals surface area contributed by atoms with Crippen LogP contribution in [0, 0.1) is 6.07 Å². The summed E-state index contributed by atoms with van der Waals surface area (Å²) in [6.45, 7) is 0. The summed E-state index contributed by atoms with van der Waals surface area (Å²) >= 11 is 0. The molecule has 0 fully saturated rings. The molecule has 0 aliphatic rings. The number of imidazole rings is 1. The summed E-state index contributed by atoms with van der Waals surface area (Å²) in [5, 5.41) is 3.19. The van der Waals surface area contributed by atoms with Gasteiger partial charge in [0.25, 0.3) is 0 Å². The van der Waals surface area contributed by atoms with Crippen molar-refractivity contribution in [2.45, 2.75) is 6.18 Å². The van der Waals surface area contributed by atoms with Crippen molar-refractivity contribution >= 4 is 54.6 Å². The fourth-order valence-corrected chi connectivity index (χ4v) is 8.97. The molecular formula is C54H31F3N6Pt. The van der Waals surface area contributed by atoms with E-state index in [2.05, 4.69) is 64.1 Å². The summed E-state index contributed by atoms with van der Waals surface area (Å²) in [6, 6.07) is 58.0. The van der Waals surface area contributed by atoms with Crippen molar-refractivity contribution in [1.29, 1.82) is 0 Å². The van der Waals surface area contributed by atoms with Crippen molar-refractivity contribution in [2.24, 2.45) is 0 Å². The van der Waals surface area contributed by atoms with Gasteiger partial charge in [-0.05, 0) is 105 Å². The van der Waals surface area contributed by atoms with Crippen molar-refractivity contribution in [3.05, 3.63) is 200 Å². The first-order chi connectivity index (χ1) is 30.9. The molecule has 0 saturated carbocycles. The summed E-state index contributed by atoms with van der Waals surface area (Å²) < 4.78 is 46.7. The van der Waals surface area contributed by atoms with Gasteiger partial charge in [0.2, 0.25) is 0 Å². The minimum Gasteiger partial charge on any atom is -0.656 e. The summed E-state index contributed by atoms with van der Waals surface area (Å²) in [5.41, 5.74) is 11.1. The van der Waals surface area contributed by atoms with E-state index in [0.717, 1.165) is 89.4 Å². The molecule has 6 nitrogen and oxygen atoms in total. The second-order valence-electron chi connectivity index (χ2n) is 15.5. The van der Waals surface area contributed by atoms with E-state index in [1.54, 1.807) is 18.6 Å². The van der Waals surface area contributed by atoms with Crippen molar-refractivity contribution < 1.29 is 34.2 Å². The van der Waals surface area contributed by atoms with E-state index in [9.17, 15) is 13.2 Å². The van der Waals surface area contributed by atoms with Gasteiger partial charge in [-0.2, -0.15) is 13.2 Å². The third-order valence-electron chi connectivity index (χ3n) is 11.9. The number of nitrogens with zero attached hydrogens (tertiary/aromatic N) is 6. The molecule has 0 N–H and O–H groups in total. The van der Waals surface area contributed by atoms with E-state index in [1.807, 2.05) is 108 Å². The van der Waals surface area contributed by atoms with E-state index in [1.165, 1.54) is 12.1 Å². The molecule has 0 aliphatic carbocycles. The van der Waals surface area contributed by atoms with E-state index in [0.29, 0.717) is 27.6 Å². The Labute approximate surface area is 378 Å². The zero-order valence-corrected chi connectivity index (χ0v) is 35.8. The zero-order chi connectivity index (χ0) is 42.2. The Kier molecular flexibility index (Phi) is 9.40. The van der Waals surface area contributed by atoms with Gasteiger partial charge in [0.05, 0.1) is 16.6 Å². The quantitative estimate of drug-likeness (QED) is 0.156. The van der Waals surface area contributed by atoms with Crippen molar-refractivity contribution in [3.63, 3.8) is 0 Å². The molecular weight excluding hydrogens is 985 g/mol. The number of aromatic nitrogens is 6. The molecule has 5 aromatic heterocycles. The Bertz CT molecular complexity index is 3740. The topological polar surface area (TPSA) is 62.6 Å². The van der Waals surface area contributed by atoms with Crippen LogP contribution in [0.1, 0.15) is 5.56 Å². The summed E-state index contributed by atoms with van der Waals surface area (Å²) in [4.78, 5) is 19.6. The fourth-order valence-electron chi connectivity index (χ4n) is 8.97. The third-order valence-corrected chi connectivity index (χ3v) is 11.9. The van der Waals surface area contributed by atoms with Crippen LogP contribution in [0.2, 0.25) is 0 Å². The van der Waals surface area contributed by atoms with Gasteiger partial charge >= 0.3 is 27.2 Å². The van der Waals surface area contributed by atoms with Crippen LogP contribution in [0.25, 0.3) is 111 Å². The second-order valence-corrected chi connectivity index (χ2v) is 15.5. The average Bonchev–Trinajstić information content (AvgIpc) is 4.01. The Morgan fingerprint density at radius 3 is 2.11 bits per heavy atom. The number of fused-ring (bicyclic) bond motifs is 7. The summed E-state index contributed by atoms with van der Waals surface area (Å²) in [6.07, 6.45) is 0.789. The van der Waals surface area contributed by atoms with E-state index in [-0.39, 0.29) is 21.1 Å². The van der Waals surface area contributed by atoms with E-state index < -0.39 is 11.7 Å². The smallest absolute Gasteiger partial charge is 0.656 e. The molecule has 0 atom stereocenters. The first-order valence-electron chi connectivity index (χ1n) is 20.4. The van der Waals surface area contributed by atoms with Crippen LogP contribution >= 0.6 is 0 Å². The molecule has 12 aromatic rings. The molecule has 12 rings (SSSR count). The van der Waals surface area contributed by atoms with E-state index >= 15 is 0 Å². The molecule has 0 unspecified atom stereocenters. The van der Waals surface area contributed by atoms with Crippen LogP contribution in [0.3, 0.4) is 0 Å². The van der Waals surface area contributed by atoms with Gasteiger partial charge in [-0.25, -0.2) is 9.97 Å². The minimum absolute atomic E-state index is 0. The number of alkyl halides is 3. The number of halogens is 3. The number of hydrogen-bond donors (Lipinski definition) is 0. The fraction of sp³-hybridized carbons (Fsp3) is 0.0185. The molecule has 10 heteroatoms. The van der Waals surface area contributed by atoms with Gasteiger partial charge < -0.3 is 9.55 Å². The van der Waals surface area contributed by atoms with Gasteiger partial charge in [-0.3, -0.25) is 9.55 Å².